The molecule has 0 aromatic carbocycles. The molecule has 1 atom stereocenters. The van der Waals surface area contributed by atoms with Crippen LogP contribution in [0.25, 0.3) is 10.4 Å². The fraction of sp³-hybridized carbons (Fsp3) is 1.00. The molecular weight excluding hydrogens is 192 g/mol. The summed E-state index contributed by atoms with van der Waals surface area (Å²) in [6.07, 6.45) is 2.49. The van der Waals surface area contributed by atoms with Gasteiger partial charge in [0, 0.05) is 31.2 Å². The van der Waals surface area contributed by atoms with Gasteiger partial charge in [-0.05, 0) is 37.8 Å². The lowest BCUT2D eigenvalue weighted by molar-refractivity contribution is 0.0682. The number of hydrogen-bond donors (Lipinski definition) is 0. The predicted octanol–water partition coefficient (Wildman–Crippen LogP) is 2.05. The maximum Gasteiger partial charge on any atom is 0.0506 e. The summed E-state index contributed by atoms with van der Waals surface area (Å²) in [5, 5.41) is 3.56. The normalized spacial score (nSPS) is 22.3. The van der Waals surface area contributed by atoms with Crippen molar-refractivity contribution in [1.29, 1.82) is 0 Å². The zero-order chi connectivity index (χ0) is 10.9. The molecule has 15 heavy (non-hydrogen) atoms. The summed E-state index contributed by atoms with van der Waals surface area (Å²) in [7, 11) is 0. The second-order valence-electron chi connectivity index (χ2n) is 3.92. The molecule has 0 aromatic rings. The number of rotatable bonds is 6. The highest BCUT2D eigenvalue weighted by atomic mass is 16.5. The van der Waals surface area contributed by atoms with E-state index in [0.29, 0.717) is 12.5 Å². The summed E-state index contributed by atoms with van der Waals surface area (Å²) in [5.41, 5.74) is 8.18. The second kappa shape index (κ2) is 7.51. The summed E-state index contributed by atoms with van der Waals surface area (Å²) in [5.74, 6) is 0.657. The first kappa shape index (κ1) is 12.3. The highest BCUT2D eigenvalue weighted by molar-refractivity contribution is 4.73. The third-order valence-corrected chi connectivity index (χ3v) is 2.74. The molecule has 0 saturated carbocycles. The Morgan fingerprint density at radius 2 is 2.47 bits per heavy atom. The van der Waals surface area contributed by atoms with Crippen molar-refractivity contribution in [1.82, 2.24) is 4.90 Å². The van der Waals surface area contributed by atoms with Crippen LogP contribution >= 0.6 is 0 Å². The summed E-state index contributed by atoms with van der Waals surface area (Å²) in [6, 6.07) is 0. The minimum Gasteiger partial charge on any atom is -0.381 e. The molecule has 0 unspecified atom stereocenters. The first-order valence-electron chi connectivity index (χ1n) is 5.67. The average molecular weight is 212 g/mol. The second-order valence-corrected chi connectivity index (χ2v) is 3.92. The van der Waals surface area contributed by atoms with Gasteiger partial charge in [0.25, 0.3) is 0 Å². The van der Waals surface area contributed by atoms with Crippen LogP contribution in [0, 0.1) is 5.92 Å². The fourth-order valence-corrected chi connectivity index (χ4v) is 2.01. The Bertz CT molecular complexity index is 215. The molecule has 0 radical (unpaired) electrons. The van der Waals surface area contributed by atoms with Gasteiger partial charge in [-0.15, -0.1) is 0 Å². The number of likely N-dealkylation sites (tertiary alicyclic amines) is 1. The van der Waals surface area contributed by atoms with Gasteiger partial charge >= 0.3 is 0 Å². The van der Waals surface area contributed by atoms with Gasteiger partial charge in [-0.3, -0.25) is 0 Å². The third-order valence-electron chi connectivity index (χ3n) is 2.74. The summed E-state index contributed by atoms with van der Waals surface area (Å²) < 4.78 is 5.44. The van der Waals surface area contributed by atoms with Crippen LogP contribution < -0.4 is 0 Å². The van der Waals surface area contributed by atoms with Gasteiger partial charge in [-0.25, -0.2) is 0 Å². The van der Waals surface area contributed by atoms with Crippen LogP contribution in [0.2, 0.25) is 0 Å². The molecule has 5 heteroatoms. The summed E-state index contributed by atoms with van der Waals surface area (Å²) >= 11 is 0. The quantitative estimate of drug-likeness (QED) is 0.384. The van der Waals surface area contributed by atoms with Crippen molar-refractivity contribution in [3.63, 3.8) is 0 Å². The van der Waals surface area contributed by atoms with Crippen molar-refractivity contribution in [3.05, 3.63) is 10.4 Å². The van der Waals surface area contributed by atoms with Gasteiger partial charge in [0.05, 0.1) is 6.61 Å². The van der Waals surface area contributed by atoms with E-state index in [1.165, 1.54) is 12.8 Å². The van der Waals surface area contributed by atoms with Crippen LogP contribution in [0.3, 0.4) is 0 Å². The number of hydrogen-bond acceptors (Lipinski definition) is 3. The highest BCUT2D eigenvalue weighted by Gasteiger charge is 2.18. The van der Waals surface area contributed by atoms with E-state index in [9.17, 15) is 0 Å². The molecule has 1 fully saturated rings. The minimum atomic E-state index is 0.581. The first-order chi connectivity index (χ1) is 7.36. The lowest BCUT2D eigenvalue weighted by Crippen LogP contribution is -2.38. The van der Waals surface area contributed by atoms with Gasteiger partial charge in [0.1, 0.15) is 0 Å². The van der Waals surface area contributed by atoms with E-state index in [4.69, 9.17) is 10.3 Å². The van der Waals surface area contributed by atoms with E-state index in [-0.39, 0.29) is 0 Å². The molecule has 1 aliphatic rings. The molecule has 0 aliphatic carbocycles. The molecule has 0 amide bonds. The Morgan fingerprint density at radius 3 is 3.20 bits per heavy atom. The molecule has 0 N–H and O–H groups in total. The molecule has 0 spiro atoms. The van der Waals surface area contributed by atoms with E-state index >= 15 is 0 Å². The molecule has 0 bridgehead atoms. The van der Waals surface area contributed by atoms with Gasteiger partial charge in [0.15, 0.2) is 0 Å². The highest BCUT2D eigenvalue weighted by Crippen LogP contribution is 2.16. The number of nitrogens with zero attached hydrogens (tertiary/aromatic N) is 4. The molecule has 5 nitrogen and oxygen atoms in total. The van der Waals surface area contributed by atoms with Crippen molar-refractivity contribution >= 4 is 0 Å². The number of ether oxygens (including phenoxy) is 1. The molecule has 0 aromatic heterocycles. The number of azide groups is 1. The monoisotopic (exact) mass is 212 g/mol. The maximum absolute atomic E-state index is 8.18. The third kappa shape index (κ3) is 5.02. The van der Waals surface area contributed by atoms with E-state index in [2.05, 4.69) is 14.9 Å². The topological polar surface area (TPSA) is 61.2 Å². The van der Waals surface area contributed by atoms with Gasteiger partial charge in [-0.2, -0.15) is 0 Å². The Hall–Kier alpha value is -0.770. The molecule has 86 valence electrons. The van der Waals surface area contributed by atoms with E-state index in [0.717, 1.165) is 32.8 Å². The lowest BCUT2D eigenvalue weighted by atomic mass is 9.99. The maximum atomic E-state index is 8.18. The zero-order valence-electron chi connectivity index (χ0n) is 9.43. The fourth-order valence-electron chi connectivity index (χ4n) is 2.01. The molecule has 1 aliphatic heterocycles. The van der Waals surface area contributed by atoms with Crippen molar-refractivity contribution in [2.45, 2.75) is 19.8 Å². The van der Waals surface area contributed by atoms with Gasteiger partial charge in [0.2, 0.25) is 0 Å². The Morgan fingerprint density at radius 1 is 1.60 bits per heavy atom. The Balaban J connectivity index is 2.19. The smallest absolute Gasteiger partial charge is 0.0506 e. The van der Waals surface area contributed by atoms with Gasteiger partial charge < -0.3 is 9.64 Å². The molecule has 1 rings (SSSR count). The van der Waals surface area contributed by atoms with Crippen LogP contribution in [0.1, 0.15) is 19.8 Å². The number of piperidine rings is 1. The Labute approximate surface area is 91.0 Å². The molecule has 1 saturated heterocycles. The average Bonchev–Trinajstić information content (AvgIpc) is 2.27. The van der Waals surface area contributed by atoms with E-state index in [1.54, 1.807) is 0 Å². The minimum absolute atomic E-state index is 0.581. The predicted molar refractivity (Wildman–Crippen MR) is 59.7 cm³/mol. The van der Waals surface area contributed by atoms with E-state index < -0.39 is 0 Å². The van der Waals surface area contributed by atoms with Crippen molar-refractivity contribution in [2.24, 2.45) is 11.0 Å². The van der Waals surface area contributed by atoms with Crippen LogP contribution in [0.5, 0.6) is 0 Å². The van der Waals surface area contributed by atoms with Crippen LogP contribution in [-0.2, 0) is 4.74 Å². The molecule has 1 heterocycles. The van der Waals surface area contributed by atoms with Crippen LogP contribution in [0.4, 0.5) is 0 Å². The lowest BCUT2D eigenvalue weighted by Gasteiger charge is -2.32. The summed E-state index contributed by atoms with van der Waals surface area (Å²) in [4.78, 5) is 5.13. The Kier molecular flexibility index (Phi) is 6.16. The van der Waals surface area contributed by atoms with Gasteiger partial charge in [-0.1, -0.05) is 5.11 Å². The standard InChI is InChI=1S/C10H20N4O/c1-2-15-9-10-4-3-6-14(8-10)7-5-12-13-11/h10H,2-9H2,1H3/t10-/m1/s1. The van der Waals surface area contributed by atoms with Crippen LogP contribution in [-0.4, -0.2) is 44.3 Å². The van der Waals surface area contributed by atoms with E-state index in [1.807, 2.05) is 6.92 Å². The summed E-state index contributed by atoms with van der Waals surface area (Å²) in [6.45, 7) is 7.38. The van der Waals surface area contributed by atoms with Crippen molar-refractivity contribution in [3.8, 4) is 0 Å². The van der Waals surface area contributed by atoms with Crippen LogP contribution in [0.15, 0.2) is 5.11 Å². The first-order valence-corrected chi connectivity index (χ1v) is 5.67. The SMILES string of the molecule is CCOC[C@@H]1CCCN(CCN=[N+]=[N-])C1. The molecular formula is C10H20N4O. The van der Waals surface area contributed by atoms with Crippen molar-refractivity contribution < 1.29 is 4.74 Å². The van der Waals surface area contributed by atoms with Crippen molar-refractivity contribution in [2.75, 3.05) is 39.4 Å². The zero-order valence-corrected chi connectivity index (χ0v) is 9.43. The largest absolute Gasteiger partial charge is 0.381 e.